The number of hydrogen-bond acceptors (Lipinski definition) is 4. The maximum absolute atomic E-state index is 12.2. The minimum atomic E-state index is -0.215. The number of carbonyl (C=O) groups excluding carboxylic acids is 1. The molecule has 0 spiro atoms. The van der Waals surface area contributed by atoms with E-state index in [0.717, 1.165) is 37.3 Å². The summed E-state index contributed by atoms with van der Waals surface area (Å²) in [7, 11) is 0. The minimum absolute atomic E-state index is 0.120. The van der Waals surface area contributed by atoms with Gasteiger partial charge in [0.2, 0.25) is 0 Å². The van der Waals surface area contributed by atoms with E-state index < -0.39 is 0 Å². The molecule has 0 radical (unpaired) electrons. The molecule has 3 heterocycles. The number of amides is 1. The van der Waals surface area contributed by atoms with Gasteiger partial charge in [0, 0.05) is 32.0 Å². The third-order valence-corrected chi connectivity index (χ3v) is 4.76. The van der Waals surface area contributed by atoms with Crippen molar-refractivity contribution in [2.75, 3.05) is 18.1 Å². The lowest BCUT2D eigenvalue weighted by molar-refractivity contribution is 0.177. The first-order valence-electron chi connectivity index (χ1n) is 8.37. The van der Waals surface area contributed by atoms with Gasteiger partial charge in [0.05, 0.1) is 11.7 Å². The third-order valence-electron chi connectivity index (χ3n) is 4.76. The lowest BCUT2D eigenvalue weighted by Crippen LogP contribution is -2.40. The number of carbonyl (C=O) groups is 1. The Morgan fingerprint density at radius 1 is 1.33 bits per heavy atom. The van der Waals surface area contributed by atoms with Crippen LogP contribution in [0.4, 0.5) is 10.5 Å². The van der Waals surface area contributed by atoms with Crippen LogP contribution in [0.15, 0.2) is 42.7 Å². The van der Waals surface area contributed by atoms with Gasteiger partial charge in [-0.05, 0) is 42.2 Å². The third kappa shape index (κ3) is 2.87. The van der Waals surface area contributed by atoms with Crippen LogP contribution in [0.3, 0.4) is 0 Å². The van der Waals surface area contributed by atoms with Crippen molar-refractivity contribution in [2.45, 2.75) is 32.5 Å². The van der Waals surface area contributed by atoms with Gasteiger partial charge in [-0.1, -0.05) is 18.2 Å². The Labute approximate surface area is 141 Å². The number of nitrogens with zero attached hydrogens (tertiary/aromatic N) is 3. The Hall–Kier alpha value is -2.40. The maximum atomic E-state index is 12.2. The van der Waals surface area contributed by atoms with Crippen molar-refractivity contribution in [1.29, 1.82) is 0 Å². The number of aromatic nitrogens is 1. The number of aryl methyl sites for hydroxylation is 1. The number of cyclic esters (lactones) is 1. The molecule has 24 heavy (non-hydrogen) atoms. The SMILES string of the molecule is Cc1ccc2c(c1)N1C(=O)OCC1CCN(Cc1cccnc1)C2. The van der Waals surface area contributed by atoms with Crippen molar-refractivity contribution in [2.24, 2.45) is 0 Å². The first-order chi connectivity index (χ1) is 11.7. The summed E-state index contributed by atoms with van der Waals surface area (Å²) in [6.45, 7) is 5.15. The van der Waals surface area contributed by atoms with Crippen LogP contribution >= 0.6 is 0 Å². The monoisotopic (exact) mass is 323 g/mol. The topological polar surface area (TPSA) is 45.7 Å². The Morgan fingerprint density at radius 3 is 3.08 bits per heavy atom. The molecule has 124 valence electrons. The predicted octanol–water partition coefficient (Wildman–Crippen LogP) is 3.12. The highest BCUT2D eigenvalue weighted by molar-refractivity contribution is 5.91. The largest absolute Gasteiger partial charge is 0.447 e. The van der Waals surface area contributed by atoms with E-state index in [-0.39, 0.29) is 12.1 Å². The first kappa shape index (κ1) is 15.1. The van der Waals surface area contributed by atoms with E-state index in [9.17, 15) is 4.79 Å². The molecule has 1 amide bonds. The first-order valence-corrected chi connectivity index (χ1v) is 8.37. The van der Waals surface area contributed by atoms with E-state index >= 15 is 0 Å². The summed E-state index contributed by atoms with van der Waals surface area (Å²) >= 11 is 0. The summed E-state index contributed by atoms with van der Waals surface area (Å²) in [5.74, 6) is 0. The number of anilines is 1. The number of ether oxygens (including phenoxy) is 1. The second-order valence-corrected chi connectivity index (χ2v) is 6.59. The van der Waals surface area contributed by atoms with E-state index in [1.54, 1.807) is 6.20 Å². The molecule has 5 nitrogen and oxygen atoms in total. The second-order valence-electron chi connectivity index (χ2n) is 6.59. The summed E-state index contributed by atoms with van der Waals surface area (Å²) in [6, 6.07) is 10.5. The minimum Gasteiger partial charge on any atom is -0.447 e. The van der Waals surface area contributed by atoms with Crippen molar-refractivity contribution in [3.8, 4) is 0 Å². The van der Waals surface area contributed by atoms with Crippen molar-refractivity contribution >= 4 is 11.8 Å². The molecule has 1 aromatic carbocycles. The van der Waals surface area contributed by atoms with Crippen molar-refractivity contribution in [3.05, 3.63) is 59.4 Å². The number of rotatable bonds is 2. The summed E-state index contributed by atoms with van der Waals surface area (Å²) in [4.78, 5) is 20.7. The zero-order valence-corrected chi connectivity index (χ0v) is 13.8. The van der Waals surface area contributed by atoms with Crippen LogP contribution in [0.1, 0.15) is 23.1 Å². The fraction of sp³-hybridized carbons (Fsp3) is 0.368. The van der Waals surface area contributed by atoms with Crippen LogP contribution in [-0.4, -0.2) is 35.2 Å². The van der Waals surface area contributed by atoms with Crippen LogP contribution < -0.4 is 4.90 Å². The van der Waals surface area contributed by atoms with Crippen molar-refractivity contribution in [1.82, 2.24) is 9.88 Å². The van der Waals surface area contributed by atoms with Gasteiger partial charge in [-0.3, -0.25) is 14.8 Å². The molecule has 0 N–H and O–H groups in total. The molecule has 0 saturated carbocycles. The molecule has 1 aromatic heterocycles. The highest BCUT2D eigenvalue weighted by Gasteiger charge is 2.36. The fourth-order valence-electron chi connectivity index (χ4n) is 3.54. The molecular weight excluding hydrogens is 302 g/mol. The molecule has 5 heteroatoms. The van der Waals surface area contributed by atoms with Crippen molar-refractivity contribution < 1.29 is 9.53 Å². The fourth-order valence-corrected chi connectivity index (χ4v) is 3.54. The number of benzene rings is 1. The number of hydrogen-bond donors (Lipinski definition) is 0. The predicted molar refractivity (Wildman–Crippen MR) is 91.8 cm³/mol. The molecule has 1 unspecified atom stereocenters. The summed E-state index contributed by atoms with van der Waals surface area (Å²) < 4.78 is 5.32. The summed E-state index contributed by atoms with van der Waals surface area (Å²) in [5, 5.41) is 0. The van der Waals surface area contributed by atoms with E-state index in [1.165, 1.54) is 11.1 Å². The van der Waals surface area contributed by atoms with Gasteiger partial charge in [0.25, 0.3) is 0 Å². The molecule has 0 aliphatic carbocycles. The summed E-state index contributed by atoms with van der Waals surface area (Å²) in [5.41, 5.74) is 4.54. The average Bonchev–Trinajstić information content (AvgIpc) is 2.94. The molecule has 1 saturated heterocycles. The van der Waals surface area contributed by atoms with E-state index in [1.807, 2.05) is 17.2 Å². The molecule has 2 aromatic rings. The Bertz CT molecular complexity index is 748. The molecule has 0 bridgehead atoms. The van der Waals surface area contributed by atoms with Crippen LogP contribution in [-0.2, 0) is 17.8 Å². The highest BCUT2D eigenvalue weighted by atomic mass is 16.6. The maximum Gasteiger partial charge on any atom is 0.414 e. The zero-order chi connectivity index (χ0) is 16.5. The quantitative estimate of drug-likeness (QED) is 0.852. The van der Waals surface area contributed by atoms with E-state index in [4.69, 9.17) is 4.74 Å². The lowest BCUT2D eigenvalue weighted by Gasteiger charge is -2.32. The van der Waals surface area contributed by atoms with E-state index in [2.05, 4.69) is 41.1 Å². The number of fused-ring (bicyclic) bond motifs is 3. The Morgan fingerprint density at radius 2 is 2.25 bits per heavy atom. The van der Waals surface area contributed by atoms with Gasteiger partial charge in [-0.25, -0.2) is 4.79 Å². The van der Waals surface area contributed by atoms with Crippen LogP contribution in [0.25, 0.3) is 0 Å². The smallest absolute Gasteiger partial charge is 0.414 e. The standard InChI is InChI=1S/C19H21N3O2/c1-14-4-5-16-12-21(11-15-3-2-7-20-10-15)8-6-17-13-24-19(23)22(17)18(16)9-14/h2-5,7,9-10,17H,6,8,11-13H2,1H3. The highest BCUT2D eigenvalue weighted by Crippen LogP contribution is 2.32. The van der Waals surface area contributed by atoms with Gasteiger partial charge < -0.3 is 4.74 Å². The molecule has 4 rings (SSSR count). The second kappa shape index (κ2) is 6.24. The average molecular weight is 323 g/mol. The van der Waals surface area contributed by atoms with Gasteiger partial charge >= 0.3 is 6.09 Å². The van der Waals surface area contributed by atoms with Gasteiger partial charge in [0.15, 0.2) is 0 Å². The van der Waals surface area contributed by atoms with Crippen LogP contribution in [0.5, 0.6) is 0 Å². The normalized spacial score (nSPS) is 20.8. The van der Waals surface area contributed by atoms with Gasteiger partial charge in [-0.15, -0.1) is 0 Å². The lowest BCUT2D eigenvalue weighted by atomic mass is 10.0. The Balaban J connectivity index is 1.66. The van der Waals surface area contributed by atoms with Gasteiger partial charge in [-0.2, -0.15) is 0 Å². The summed E-state index contributed by atoms with van der Waals surface area (Å²) in [6.07, 6.45) is 4.42. The molecule has 1 fully saturated rings. The van der Waals surface area contributed by atoms with E-state index in [0.29, 0.717) is 6.61 Å². The van der Waals surface area contributed by atoms with Gasteiger partial charge in [0.1, 0.15) is 6.61 Å². The van der Waals surface area contributed by atoms with Crippen LogP contribution in [0.2, 0.25) is 0 Å². The molecule has 1 atom stereocenters. The molecule has 2 aliphatic heterocycles. The number of pyridine rings is 1. The molecule has 2 aliphatic rings. The van der Waals surface area contributed by atoms with Crippen LogP contribution in [0, 0.1) is 6.92 Å². The van der Waals surface area contributed by atoms with Crippen molar-refractivity contribution in [3.63, 3.8) is 0 Å². The zero-order valence-electron chi connectivity index (χ0n) is 13.8. The Kier molecular flexibility index (Phi) is 3.94. The molecular formula is C19H21N3O2.